The van der Waals surface area contributed by atoms with E-state index in [1.54, 1.807) is 4.90 Å². The molecule has 4 nitrogen and oxygen atoms in total. The van der Waals surface area contributed by atoms with Gasteiger partial charge in [-0.25, -0.2) is 4.79 Å². The molecular weight excluding hydrogens is 247 g/mol. The summed E-state index contributed by atoms with van der Waals surface area (Å²) in [7, 11) is 0. The number of carbonyl (C=O) groups is 1. The molecule has 0 bridgehead atoms. The van der Waals surface area contributed by atoms with Crippen LogP contribution in [-0.2, 0) is 4.74 Å². The summed E-state index contributed by atoms with van der Waals surface area (Å²) in [6.07, 6.45) is -0.188. The molecule has 1 aliphatic heterocycles. The summed E-state index contributed by atoms with van der Waals surface area (Å²) in [5.41, 5.74) is 0. The van der Waals surface area contributed by atoms with Gasteiger partial charge < -0.3 is 9.64 Å². The number of hydrogen-bond donors (Lipinski definition) is 1. The molecule has 0 aliphatic carbocycles. The highest BCUT2D eigenvalue weighted by Gasteiger charge is 2.20. The van der Waals surface area contributed by atoms with Gasteiger partial charge in [0.15, 0.2) is 0 Å². The molecule has 1 saturated heterocycles. The van der Waals surface area contributed by atoms with Gasteiger partial charge in [0.2, 0.25) is 0 Å². The Morgan fingerprint density at radius 1 is 1.80 bits per heavy atom. The molecule has 0 aromatic rings. The maximum Gasteiger partial charge on any atom is 0.409 e. The Bertz CT molecular complexity index is 131. The first-order valence-electron chi connectivity index (χ1n) is 3.10. The summed E-state index contributed by atoms with van der Waals surface area (Å²) >= 11 is 2.05. The van der Waals surface area contributed by atoms with Gasteiger partial charge in [-0.15, -0.1) is 0 Å². The van der Waals surface area contributed by atoms with Crippen molar-refractivity contribution in [3.8, 4) is 0 Å². The third-order valence-electron chi connectivity index (χ3n) is 1.32. The average molecular weight is 256 g/mol. The number of halogens is 1. The predicted octanol–water partition coefficient (Wildman–Crippen LogP) is 0.378. The highest BCUT2D eigenvalue weighted by Crippen LogP contribution is 2.00. The van der Waals surface area contributed by atoms with Crippen molar-refractivity contribution in [1.82, 2.24) is 8.43 Å². The number of carbonyl (C=O) groups excluding carboxylic acids is 1. The summed E-state index contributed by atoms with van der Waals surface area (Å²) in [6, 6.07) is 0. The number of nitrogens with zero attached hydrogens (tertiary/aromatic N) is 1. The third kappa shape index (κ3) is 1.98. The minimum Gasteiger partial charge on any atom is -0.448 e. The summed E-state index contributed by atoms with van der Waals surface area (Å²) in [4.78, 5) is 12.4. The molecule has 0 aromatic carbocycles. The molecule has 10 heavy (non-hydrogen) atoms. The Hall–Kier alpha value is -0.0400. The first kappa shape index (κ1) is 8.06. The second kappa shape index (κ2) is 3.97. The van der Waals surface area contributed by atoms with E-state index in [0.717, 1.165) is 19.6 Å². The van der Waals surface area contributed by atoms with Crippen LogP contribution in [0.5, 0.6) is 0 Å². The topological polar surface area (TPSA) is 41.6 Å². The Balaban J connectivity index is 2.20. The second-order valence-corrected chi connectivity index (χ2v) is 2.75. The zero-order chi connectivity index (χ0) is 7.40. The van der Waals surface area contributed by atoms with Crippen molar-refractivity contribution in [1.29, 1.82) is 0 Å². The molecule has 0 atom stereocenters. The smallest absolute Gasteiger partial charge is 0.409 e. The fourth-order valence-corrected chi connectivity index (χ4v) is 1.05. The van der Waals surface area contributed by atoms with Crippen LogP contribution in [-0.4, -0.2) is 37.2 Å². The Labute approximate surface area is 73.4 Å². The van der Waals surface area contributed by atoms with Crippen LogP contribution in [0.1, 0.15) is 0 Å². The van der Waals surface area contributed by atoms with E-state index in [0.29, 0.717) is 6.61 Å². The quantitative estimate of drug-likeness (QED) is 0.586. The molecular formula is C5H9IN2O2. The fraction of sp³-hybridized carbons (Fsp3) is 0.800. The minimum absolute atomic E-state index is 0.188. The molecule has 0 spiro atoms. The van der Waals surface area contributed by atoms with Gasteiger partial charge in [-0.3, -0.25) is 3.53 Å². The summed E-state index contributed by atoms with van der Waals surface area (Å²) in [5, 5.41) is 0. The van der Waals surface area contributed by atoms with Crippen LogP contribution >= 0.6 is 22.9 Å². The lowest BCUT2D eigenvalue weighted by Crippen LogP contribution is -2.29. The largest absolute Gasteiger partial charge is 0.448 e. The molecule has 0 unspecified atom stereocenters. The zero-order valence-corrected chi connectivity index (χ0v) is 7.63. The molecule has 1 rings (SSSR count). The van der Waals surface area contributed by atoms with Crippen LogP contribution < -0.4 is 3.53 Å². The number of cyclic esters (lactones) is 1. The Kier molecular flexibility index (Phi) is 3.20. The molecule has 1 aliphatic rings. The van der Waals surface area contributed by atoms with Crippen LogP contribution in [0.15, 0.2) is 0 Å². The lowest BCUT2D eigenvalue weighted by atomic mass is 10.5. The van der Waals surface area contributed by atoms with E-state index in [-0.39, 0.29) is 6.09 Å². The van der Waals surface area contributed by atoms with Crippen LogP contribution in [0.25, 0.3) is 0 Å². The third-order valence-corrected chi connectivity index (χ3v) is 1.86. The summed E-state index contributed by atoms with van der Waals surface area (Å²) < 4.78 is 7.65. The van der Waals surface area contributed by atoms with Crippen molar-refractivity contribution in [3.63, 3.8) is 0 Å². The van der Waals surface area contributed by atoms with E-state index in [9.17, 15) is 4.79 Å². The van der Waals surface area contributed by atoms with Gasteiger partial charge in [-0.05, 0) is 0 Å². The van der Waals surface area contributed by atoms with Crippen molar-refractivity contribution in [2.45, 2.75) is 0 Å². The van der Waals surface area contributed by atoms with Crippen molar-refractivity contribution in [2.75, 3.05) is 26.2 Å². The van der Waals surface area contributed by atoms with E-state index in [1.165, 1.54) is 0 Å². The van der Waals surface area contributed by atoms with Crippen LogP contribution in [0.2, 0.25) is 0 Å². The first-order chi connectivity index (χ1) is 4.84. The molecule has 0 saturated carbocycles. The van der Waals surface area contributed by atoms with Gasteiger partial charge in [0.1, 0.15) is 6.61 Å². The van der Waals surface area contributed by atoms with Crippen LogP contribution in [0.3, 0.4) is 0 Å². The predicted molar refractivity (Wildman–Crippen MR) is 44.9 cm³/mol. The lowest BCUT2D eigenvalue weighted by molar-refractivity contribution is 0.159. The van der Waals surface area contributed by atoms with Crippen LogP contribution in [0.4, 0.5) is 4.79 Å². The molecule has 1 N–H and O–H groups in total. The molecule has 1 heterocycles. The van der Waals surface area contributed by atoms with Crippen molar-refractivity contribution in [2.24, 2.45) is 0 Å². The number of ether oxygens (including phenoxy) is 1. The Morgan fingerprint density at radius 3 is 3.10 bits per heavy atom. The number of nitrogens with one attached hydrogen (secondary N) is 1. The maximum atomic E-state index is 10.8. The van der Waals surface area contributed by atoms with Gasteiger partial charge in [-0.1, -0.05) is 0 Å². The standard InChI is InChI=1S/C5H9IN2O2/c6-7-1-2-8-3-4-10-5(8)9/h7H,1-4H2. The van der Waals surface area contributed by atoms with E-state index in [2.05, 4.69) is 26.4 Å². The molecule has 5 heteroatoms. The highest BCUT2D eigenvalue weighted by molar-refractivity contribution is 14.1. The monoisotopic (exact) mass is 256 g/mol. The van der Waals surface area contributed by atoms with E-state index < -0.39 is 0 Å². The highest BCUT2D eigenvalue weighted by atomic mass is 127. The molecule has 58 valence electrons. The summed E-state index contributed by atoms with van der Waals surface area (Å²) in [5.74, 6) is 0. The first-order valence-corrected chi connectivity index (χ1v) is 4.17. The van der Waals surface area contributed by atoms with Crippen molar-refractivity contribution >= 4 is 29.0 Å². The van der Waals surface area contributed by atoms with Crippen molar-refractivity contribution in [3.05, 3.63) is 0 Å². The molecule has 1 amide bonds. The SMILES string of the molecule is O=C1OCCN1CCNI. The fourth-order valence-electron chi connectivity index (χ4n) is 0.806. The Morgan fingerprint density at radius 2 is 2.60 bits per heavy atom. The van der Waals surface area contributed by atoms with Crippen LogP contribution in [0, 0.1) is 0 Å². The van der Waals surface area contributed by atoms with E-state index >= 15 is 0 Å². The maximum absolute atomic E-state index is 10.8. The normalized spacial score (nSPS) is 17.7. The minimum atomic E-state index is -0.188. The number of hydrogen-bond acceptors (Lipinski definition) is 3. The number of rotatable bonds is 3. The lowest BCUT2D eigenvalue weighted by Gasteiger charge is -2.10. The van der Waals surface area contributed by atoms with Gasteiger partial charge >= 0.3 is 6.09 Å². The van der Waals surface area contributed by atoms with Gasteiger partial charge in [0.25, 0.3) is 0 Å². The summed E-state index contributed by atoms with van der Waals surface area (Å²) in [6.45, 7) is 2.83. The molecule has 1 fully saturated rings. The van der Waals surface area contributed by atoms with Gasteiger partial charge in [0.05, 0.1) is 6.54 Å². The van der Waals surface area contributed by atoms with Crippen molar-refractivity contribution < 1.29 is 9.53 Å². The van der Waals surface area contributed by atoms with Gasteiger partial charge in [-0.2, -0.15) is 0 Å². The second-order valence-electron chi connectivity index (χ2n) is 1.99. The zero-order valence-electron chi connectivity index (χ0n) is 5.47. The van der Waals surface area contributed by atoms with E-state index in [1.807, 2.05) is 0 Å². The molecule has 0 radical (unpaired) electrons. The molecule has 0 aromatic heterocycles. The van der Waals surface area contributed by atoms with E-state index in [4.69, 9.17) is 4.74 Å². The van der Waals surface area contributed by atoms with Gasteiger partial charge in [0, 0.05) is 36.0 Å². The average Bonchev–Trinajstić information content (AvgIpc) is 2.31. The number of amides is 1.